The fourth-order valence-corrected chi connectivity index (χ4v) is 4.61. The van der Waals surface area contributed by atoms with E-state index in [0.717, 1.165) is 5.01 Å². The molecule has 2 aromatic heterocycles. The number of halogens is 3. The van der Waals surface area contributed by atoms with Gasteiger partial charge in [0.05, 0.1) is 31.3 Å². The van der Waals surface area contributed by atoms with E-state index in [4.69, 9.17) is 33.9 Å². The van der Waals surface area contributed by atoms with Gasteiger partial charge < -0.3 is 16.4 Å². The van der Waals surface area contributed by atoms with Gasteiger partial charge in [-0.25, -0.2) is 24.1 Å². The quantitative estimate of drug-likeness (QED) is 0.258. The predicted octanol–water partition coefficient (Wildman–Crippen LogP) is 7.24. The number of rotatable bonds is 4. The summed E-state index contributed by atoms with van der Waals surface area (Å²) in [6, 6.07) is 10.4. The van der Waals surface area contributed by atoms with E-state index in [1.165, 1.54) is 29.7 Å². The van der Waals surface area contributed by atoms with Crippen molar-refractivity contribution in [1.29, 1.82) is 0 Å². The molecule has 0 aliphatic carbocycles. The minimum atomic E-state index is -0.636. The Bertz CT molecular complexity index is 1420. The molecule has 0 saturated heterocycles. The first-order chi connectivity index (χ1) is 16.5. The Hall–Kier alpha value is -3.27. The van der Waals surface area contributed by atoms with Gasteiger partial charge in [0.1, 0.15) is 5.69 Å². The van der Waals surface area contributed by atoms with Gasteiger partial charge in [-0.05, 0) is 30.3 Å². The Morgan fingerprint density at radius 1 is 1.06 bits per heavy atom. The van der Waals surface area contributed by atoms with Crippen LogP contribution in [-0.4, -0.2) is 21.0 Å². The summed E-state index contributed by atoms with van der Waals surface area (Å²) in [4.78, 5) is 26.1. The molecular weight excluding hydrogens is 510 g/mol. The van der Waals surface area contributed by atoms with Crippen LogP contribution < -0.4 is 16.4 Å². The number of aromatic nitrogens is 3. The molecular formula is C24H21Cl2FN6OS. The van der Waals surface area contributed by atoms with E-state index in [2.05, 4.69) is 20.6 Å². The maximum atomic E-state index is 15.7. The second-order valence-corrected chi connectivity index (χ2v) is 10.4. The van der Waals surface area contributed by atoms with Crippen LogP contribution in [0.5, 0.6) is 0 Å². The summed E-state index contributed by atoms with van der Waals surface area (Å²) in [5, 5.41) is 6.60. The number of benzene rings is 2. The molecule has 0 aliphatic rings. The summed E-state index contributed by atoms with van der Waals surface area (Å²) < 4.78 is 15.7. The Balaban J connectivity index is 1.70. The summed E-state index contributed by atoms with van der Waals surface area (Å²) in [5.74, 6) is -0.516. The topological polar surface area (TPSA) is 106 Å². The van der Waals surface area contributed by atoms with E-state index >= 15 is 4.39 Å². The molecule has 0 aliphatic heterocycles. The third-order valence-corrected chi connectivity index (χ3v) is 7.11. The highest BCUT2D eigenvalue weighted by atomic mass is 35.5. The number of anilines is 3. The number of hydrogen-bond acceptors (Lipinski definition) is 6. The Kier molecular flexibility index (Phi) is 6.93. The van der Waals surface area contributed by atoms with Gasteiger partial charge in [0.2, 0.25) is 5.95 Å². The lowest BCUT2D eigenvalue weighted by Crippen LogP contribution is -2.20. The van der Waals surface area contributed by atoms with Crippen LogP contribution in [0.4, 0.5) is 26.5 Å². The lowest BCUT2D eigenvalue weighted by molar-refractivity contribution is 0.262. The monoisotopic (exact) mass is 530 g/mol. The molecule has 2 aromatic carbocycles. The minimum absolute atomic E-state index is 0.000999. The van der Waals surface area contributed by atoms with Crippen molar-refractivity contribution in [3.05, 3.63) is 69.5 Å². The highest BCUT2D eigenvalue weighted by molar-refractivity contribution is 7.15. The van der Waals surface area contributed by atoms with Gasteiger partial charge in [0.25, 0.3) is 0 Å². The van der Waals surface area contributed by atoms with E-state index < -0.39 is 11.8 Å². The fourth-order valence-electron chi connectivity index (χ4n) is 3.17. The molecule has 180 valence electrons. The standard InChI is InChI=1S/C24H21Cl2FN6OS/c1-24(2,3)21-33-19(17-9-10-29-22(28)31-17)20(35-21)13-5-4-6-16(18(13)27)32-23(34)30-12-7-8-14(25)15(26)11-12/h4-11H,1-3H3,(H2,28,29,31)(H2,30,32,34). The van der Waals surface area contributed by atoms with Crippen LogP contribution >= 0.6 is 34.5 Å². The zero-order chi connectivity index (χ0) is 25.3. The molecule has 35 heavy (non-hydrogen) atoms. The number of amides is 2. The van der Waals surface area contributed by atoms with Crippen LogP contribution in [0.1, 0.15) is 25.8 Å². The van der Waals surface area contributed by atoms with E-state index in [9.17, 15) is 4.79 Å². The number of urea groups is 1. The normalized spacial score (nSPS) is 11.4. The molecule has 0 spiro atoms. The van der Waals surface area contributed by atoms with Crippen LogP contribution in [0.25, 0.3) is 21.8 Å². The maximum Gasteiger partial charge on any atom is 0.323 e. The number of nitrogens with two attached hydrogens (primary N) is 1. The van der Waals surface area contributed by atoms with Crippen LogP contribution in [0.15, 0.2) is 48.7 Å². The van der Waals surface area contributed by atoms with Gasteiger partial charge in [-0.3, -0.25) is 0 Å². The molecule has 0 fully saturated rings. The van der Waals surface area contributed by atoms with Crippen molar-refractivity contribution in [1.82, 2.24) is 15.0 Å². The summed E-state index contributed by atoms with van der Waals surface area (Å²) in [6.45, 7) is 6.07. The second-order valence-electron chi connectivity index (χ2n) is 8.62. The number of nitrogens with zero attached hydrogens (tertiary/aromatic N) is 3. The average molecular weight is 531 g/mol. The molecule has 4 rings (SSSR count). The van der Waals surface area contributed by atoms with E-state index in [1.54, 1.807) is 30.3 Å². The summed E-state index contributed by atoms with van der Waals surface area (Å²) in [6.07, 6.45) is 1.53. The maximum absolute atomic E-state index is 15.7. The smallest absolute Gasteiger partial charge is 0.323 e. The highest BCUT2D eigenvalue weighted by Gasteiger charge is 2.26. The molecule has 0 saturated carbocycles. The van der Waals surface area contributed by atoms with Crippen molar-refractivity contribution >= 4 is 57.9 Å². The third kappa shape index (κ3) is 5.53. The molecule has 7 nitrogen and oxygen atoms in total. The van der Waals surface area contributed by atoms with Crippen molar-refractivity contribution in [2.45, 2.75) is 26.2 Å². The molecule has 4 N–H and O–H groups in total. The molecule has 0 radical (unpaired) electrons. The molecule has 2 amide bonds. The SMILES string of the molecule is CC(C)(C)c1nc(-c2ccnc(N)n2)c(-c2cccc(NC(=O)Nc3ccc(Cl)c(Cl)c3)c2F)s1. The van der Waals surface area contributed by atoms with Gasteiger partial charge in [-0.15, -0.1) is 11.3 Å². The second kappa shape index (κ2) is 9.77. The zero-order valence-corrected chi connectivity index (χ0v) is 21.3. The molecule has 0 unspecified atom stereocenters. The van der Waals surface area contributed by atoms with Crippen LogP contribution in [0, 0.1) is 5.82 Å². The van der Waals surface area contributed by atoms with Gasteiger partial charge in [0.15, 0.2) is 5.82 Å². The number of nitrogen functional groups attached to an aromatic ring is 1. The number of carbonyl (C=O) groups excluding carboxylic acids is 1. The van der Waals surface area contributed by atoms with Crippen molar-refractivity contribution in [3.63, 3.8) is 0 Å². The largest absolute Gasteiger partial charge is 0.368 e. The molecule has 4 aromatic rings. The lowest BCUT2D eigenvalue weighted by Gasteiger charge is -2.13. The Labute approximate surface area is 215 Å². The van der Waals surface area contributed by atoms with Crippen LogP contribution in [0.3, 0.4) is 0 Å². The van der Waals surface area contributed by atoms with Gasteiger partial charge in [-0.1, -0.05) is 56.1 Å². The molecule has 0 atom stereocenters. The van der Waals surface area contributed by atoms with E-state index in [0.29, 0.717) is 27.0 Å². The average Bonchev–Trinajstić information content (AvgIpc) is 3.24. The van der Waals surface area contributed by atoms with Crippen molar-refractivity contribution in [2.24, 2.45) is 0 Å². The van der Waals surface area contributed by atoms with Crippen molar-refractivity contribution < 1.29 is 9.18 Å². The summed E-state index contributed by atoms with van der Waals surface area (Å²) >= 11 is 13.3. The molecule has 11 heteroatoms. The number of nitrogens with one attached hydrogen (secondary N) is 2. The first-order valence-electron chi connectivity index (χ1n) is 10.4. The van der Waals surface area contributed by atoms with Crippen molar-refractivity contribution in [2.75, 3.05) is 16.4 Å². The van der Waals surface area contributed by atoms with Gasteiger partial charge in [-0.2, -0.15) is 0 Å². The number of carbonyl (C=O) groups is 1. The van der Waals surface area contributed by atoms with Gasteiger partial charge in [0, 0.05) is 22.9 Å². The number of thiazole rings is 1. The molecule has 0 bridgehead atoms. The minimum Gasteiger partial charge on any atom is -0.368 e. The fraction of sp³-hybridized carbons (Fsp3) is 0.167. The highest BCUT2D eigenvalue weighted by Crippen LogP contribution is 2.42. The number of hydrogen-bond donors (Lipinski definition) is 3. The summed E-state index contributed by atoms with van der Waals surface area (Å²) in [5.41, 5.74) is 7.16. The first kappa shape index (κ1) is 24.8. The van der Waals surface area contributed by atoms with E-state index in [1.807, 2.05) is 20.8 Å². The molecule has 2 heterocycles. The Morgan fingerprint density at radius 2 is 1.83 bits per heavy atom. The zero-order valence-electron chi connectivity index (χ0n) is 19.0. The Morgan fingerprint density at radius 3 is 2.51 bits per heavy atom. The van der Waals surface area contributed by atoms with Crippen LogP contribution in [0.2, 0.25) is 10.0 Å². The first-order valence-corrected chi connectivity index (χ1v) is 12.0. The predicted molar refractivity (Wildman–Crippen MR) is 141 cm³/mol. The summed E-state index contributed by atoms with van der Waals surface area (Å²) in [7, 11) is 0. The third-order valence-electron chi connectivity index (χ3n) is 4.85. The van der Waals surface area contributed by atoms with Gasteiger partial charge >= 0.3 is 6.03 Å². The van der Waals surface area contributed by atoms with Crippen LogP contribution in [-0.2, 0) is 5.41 Å². The van der Waals surface area contributed by atoms with E-state index in [-0.39, 0.29) is 27.6 Å². The van der Waals surface area contributed by atoms with Crippen molar-refractivity contribution in [3.8, 4) is 21.8 Å². The lowest BCUT2D eigenvalue weighted by atomic mass is 9.98.